The maximum absolute atomic E-state index is 12.4. The average molecular weight is 709 g/mol. The van der Waals surface area contributed by atoms with E-state index in [1.54, 1.807) is 0 Å². The highest BCUT2D eigenvalue weighted by Crippen LogP contribution is 2.29. The van der Waals surface area contributed by atoms with Gasteiger partial charge in [0.1, 0.15) is 18.0 Å². The minimum absolute atomic E-state index is 0.176. The first-order valence-corrected chi connectivity index (χ1v) is 20.4. The van der Waals surface area contributed by atoms with Gasteiger partial charge >= 0.3 is 11.9 Å². The van der Waals surface area contributed by atoms with Crippen molar-refractivity contribution in [3.05, 3.63) is 11.6 Å². The van der Waals surface area contributed by atoms with Crippen LogP contribution in [0.5, 0.6) is 0 Å². The molecule has 1 saturated heterocycles. The summed E-state index contributed by atoms with van der Waals surface area (Å²) in [5, 5.41) is 31.9. The number of unbranched alkanes of at least 4 members (excludes halogenated alkanes) is 13. The van der Waals surface area contributed by atoms with E-state index >= 15 is 0 Å². The number of Topliss-reactive ketones (excluding diaryl/α,β-unsaturated/α-hetero) is 1. The fourth-order valence-electron chi connectivity index (χ4n) is 7.32. The minimum Gasteiger partial charge on any atom is -0.462 e. The van der Waals surface area contributed by atoms with E-state index < -0.39 is 24.4 Å². The average Bonchev–Trinajstić information content (AvgIpc) is 3.70. The van der Waals surface area contributed by atoms with Crippen molar-refractivity contribution in [3.8, 4) is 0 Å². The van der Waals surface area contributed by atoms with E-state index in [4.69, 9.17) is 14.2 Å². The Morgan fingerprint density at radius 3 is 1.90 bits per heavy atom. The highest BCUT2D eigenvalue weighted by molar-refractivity contribution is 5.90. The van der Waals surface area contributed by atoms with Gasteiger partial charge in [0.2, 0.25) is 0 Å². The molecule has 0 bridgehead atoms. The molecule has 0 aromatic heterocycles. The van der Waals surface area contributed by atoms with Crippen LogP contribution >= 0.6 is 0 Å². The Hall–Kier alpha value is -1.81. The summed E-state index contributed by atoms with van der Waals surface area (Å²) in [6, 6.07) is 0. The van der Waals surface area contributed by atoms with Crippen molar-refractivity contribution in [3.63, 3.8) is 0 Å². The topological polar surface area (TPSA) is 140 Å². The van der Waals surface area contributed by atoms with Crippen LogP contribution in [0.1, 0.15) is 188 Å². The predicted molar refractivity (Wildman–Crippen MR) is 197 cm³/mol. The maximum atomic E-state index is 12.4. The third-order valence-corrected chi connectivity index (χ3v) is 10.3. The van der Waals surface area contributed by atoms with Gasteiger partial charge < -0.3 is 29.5 Å². The molecule has 3 N–H and O–H groups in total. The normalized spacial score (nSPS) is 21.4. The van der Waals surface area contributed by atoms with Crippen molar-refractivity contribution in [1.82, 2.24) is 0 Å². The summed E-state index contributed by atoms with van der Waals surface area (Å²) in [6.07, 6.45) is 22.4. The van der Waals surface area contributed by atoms with Gasteiger partial charge in [0.05, 0.1) is 30.5 Å². The van der Waals surface area contributed by atoms with Gasteiger partial charge in [-0.1, -0.05) is 90.4 Å². The van der Waals surface area contributed by atoms with Gasteiger partial charge in [0, 0.05) is 31.8 Å². The molecule has 0 spiro atoms. The molecule has 290 valence electrons. The van der Waals surface area contributed by atoms with Crippen molar-refractivity contribution < 1.29 is 43.9 Å². The van der Waals surface area contributed by atoms with Gasteiger partial charge in [-0.3, -0.25) is 9.59 Å². The Labute approximate surface area is 303 Å². The van der Waals surface area contributed by atoms with Gasteiger partial charge in [-0.05, 0) is 77.2 Å². The molecule has 0 aliphatic carbocycles. The quantitative estimate of drug-likeness (QED) is 0.0479. The van der Waals surface area contributed by atoms with Crippen LogP contribution in [-0.4, -0.2) is 75.8 Å². The molecule has 9 nitrogen and oxygen atoms in total. The van der Waals surface area contributed by atoms with E-state index in [2.05, 4.69) is 6.92 Å². The highest BCUT2D eigenvalue weighted by Gasteiger charge is 2.35. The molecule has 0 radical (unpaired) electrons. The lowest BCUT2D eigenvalue weighted by molar-refractivity contribution is -0.150. The fourth-order valence-corrected chi connectivity index (χ4v) is 7.32. The first-order chi connectivity index (χ1) is 24.1. The number of carbonyl (C=O) groups excluding carboxylic acids is 3. The number of carbonyl (C=O) groups is 3. The smallest absolute Gasteiger partial charge is 0.334 e. The third kappa shape index (κ3) is 20.3. The second-order valence-electron chi connectivity index (χ2n) is 15.1. The van der Waals surface area contributed by atoms with E-state index in [0.29, 0.717) is 50.5 Å². The second kappa shape index (κ2) is 26.9. The van der Waals surface area contributed by atoms with Gasteiger partial charge in [0.15, 0.2) is 0 Å². The van der Waals surface area contributed by atoms with E-state index in [1.807, 2.05) is 13.0 Å². The predicted octanol–water partition coefficient (Wildman–Crippen LogP) is 8.37. The van der Waals surface area contributed by atoms with E-state index in [-0.39, 0.29) is 42.5 Å². The van der Waals surface area contributed by atoms with Gasteiger partial charge in [-0.2, -0.15) is 0 Å². The van der Waals surface area contributed by atoms with Crippen molar-refractivity contribution in [2.24, 2.45) is 0 Å². The number of aliphatic hydroxyl groups is 3. The van der Waals surface area contributed by atoms with E-state index in [9.17, 15) is 29.7 Å². The van der Waals surface area contributed by atoms with Gasteiger partial charge in [-0.15, -0.1) is 0 Å². The Kier molecular flexibility index (Phi) is 23.9. The van der Waals surface area contributed by atoms with Crippen LogP contribution in [0.15, 0.2) is 11.6 Å². The summed E-state index contributed by atoms with van der Waals surface area (Å²) < 4.78 is 16.7. The third-order valence-electron chi connectivity index (χ3n) is 10.3. The number of aliphatic hydroxyl groups excluding tert-OH is 3. The van der Waals surface area contributed by atoms with Crippen LogP contribution in [0.25, 0.3) is 0 Å². The maximum Gasteiger partial charge on any atom is 0.334 e. The molecule has 1 fully saturated rings. The summed E-state index contributed by atoms with van der Waals surface area (Å²) in [4.78, 5) is 35.9. The largest absolute Gasteiger partial charge is 0.462 e. The van der Waals surface area contributed by atoms with Crippen LogP contribution in [0.3, 0.4) is 0 Å². The molecule has 0 amide bonds. The Morgan fingerprint density at radius 1 is 0.760 bits per heavy atom. The molecule has 7 atom stereocenters. The summed E-state index contributed by atoms with van der Waals surface area (Å²) in [6.45, 7) is 5.45. The first kappa shape index (κ1) is 44.4. The minimum atomic E-state index is -0.774. The SMILES string of the molecule is CCCCCCCCCCCC[C@@H](O)[C@H]1CC[C@H]([C@H](O)CC(CCCCC(=O)CCCCCCC(O)CCC2=C[C@H](C)OC2=O)OC(C)=O)O1. The number of ketones is 1. The summed E-state index contributed by atoms with van der Waals surface area (Å²) in [7, 11) is 0. The molecule has 50 heavy (non-hydrogen) atoms. The molecule has 0 saturated carbocycles. The van der Waals surface area contributed by atoms with Crippen molar-refractivity contribution in [1.29, 1.82) is 0 Å². The molecule has 0 aromatic carbocycles. The Morgan fingerprint density at radius 2 is 1.30 bits per heavy atom. The van der Waals surface area contributed by atoms with Gasteiger partial charge in [0.25, 0.3) is 0 Å². The lowest BCUT2D eigenvalue weighted by atomic mass is 9.98. The first-order valence-electron chi connectivity index (χ1n) is 20.4. The highest BCUT2D eigenvalue weighted by atomic mass is 16.6. The number of rotatable bonds is 31. The summed E-state index contributed by atoms with van der Waals surface area (Å²) >= 11 is 0. The van der Waals surface area contributed by atoms with Crippen molar-refractivity contribution >= 4 is 17.7 Å². The summed E-state index contributed by atoms with van der Waals surface area (Å²) in [5.41, 5.74) is 0.660. The van der Waals surface area contributed by atoms with E-state index in [1.165, 1.54) is 58.3 Å². The second-order valence-corrected chi connectivity index (χ2v) is 15.1. The molecule has 2 aliphatic heterocycles. The zero-order chi connectivity index (χ0) is 36.6. The zero-order valence-electron chi connectivity index (χ0n) is 31.8. The zero-order valence-corrected chi connectivity index (χ0v) is 31.8. The monoisotopic (exact) mass is 709 g/mol. The molecular formula is C41H72O9. The number of esters is 2. The number of hydrogen-bond acceptors (Lipinski definition) is 9. The summed E-state index contributed by atoms with van der Waals surface area (Å²) in [5.74, 6) is -0.415. The lowest BCUT2D eigenvalue weighted by Crippen LogP contribution is -2.34. The lowest BCUT2D eigenvalue weighted by Gasteiger charge is -2.25. The van der Waals surface area contributed by atoms with E-state index in [0.717, 1.165) is 64.2 Å². The van der Waals surface area contributed by atoms with Crippen molar-refractivity contribution in [2.75, 3.05) is 0 Å². The molecule has 2 unspecified atom stereocenters. The number of hydrogen-bond donors (Lipinski definition) is 3. The molecule has 0 aromatic rings. The van der Waals surface area contributed by atoms with Crippen LogP contribution in [0.4, 0.5) is 0 Å². The van der Waals surface area contributed by atoms with Crippen LogP contribution < -0.4 is 0 Å². The fraction of sp³-hybridized carbons (Fsp3) is 0.878. The van der Waals surface area contributed by atoms with Crippen molar-refractivity contribution in [2.45, 2.75) is 230 Å². The Balaban J connectivity index is 1.51. The molecule has 2 rings (SSSR count). The number of ether oxygens (including phenoxy) is 3. The molecule has 2 aliphatic rings. The molecule has 2 heterocycles. The Bertz CT molecular complexity index is 966. The van der Waals surface area contributed by atoms with Gasteiger partial charge in [-0.25, -0.2) is 4.79 Å². The number of cyclic esters (lactones) is 1. The molecular weight excluding hydrogens is 636 g/mol. The van der Waals surface area contributed by atoms with Crippen LogP contribution in [0.2, 0.25) is 0 Å². The molecule has 9 heteroatoms. The standard InChI is InChI=1S/C41H72O9/c1-4-5-6-7-8-9-10-11-12-17-24-37(45)39-27-28-40(50-39)38(46)30-36(49-32(3)42)23-19-18-22-34(43)20-15-13-14-16-21-35(44)26-25-33-29-31(2)48-41(33)47/h29,31,35-40,44-46H,4-28,30H2,1-3H3/t31-,35?,36?,37+,38+,39+,40+/m0/s1. The van der Waals surface area contributed by atoms with Crippen LogP contribution in [-0.2, 0) is 28.6 Å². The van der Waals surface area contributed by atoms with Crippen LogP contribution in [0, 0.1) is 0 Å².